The van der Waals surface area contributed by atoms with Gasteiger partial charge in [-0.1, -0.05) is 11.6 Å². The first kappa shape index (κ1) is 15.3. The predicted octanol–water partition coefficient (Wildman–Crippen LogP) is 4.13. The molecule has 3 aromatic rings. The number of nitrogens with zero attached hydrogens (tertiary/aromatic N) is 3. The first-order valence-electron chi connectivity index (χ1n) is 6.88. The van der Waals surface area contributed by atoms with Gasteiger partial charge in [-0.25, -0.2) is 4.79 Å². The zero-order chi connectivity index (χ0) is 17.3. The molecule has 1 heterocycles. The summed E-state index contributed by atoms with van der Waals surface area (Å²) < 4.78 is 5.11. The highest BCUT2D eigenvalue weighted by Gasteiger charge is 2.14. The van der Waals surface area contributed by atoms with Gasteiger partial charge in [0.05, 0.1) is 16.0 Å². The van der Waals surface area contributed by atoms with Gasteiger partial charge in [0.15, 0.2) is 5.75 Å². The fourth-order valence-electron chi connectivity index (χ4n) is 2.13. The van der Waals surface area contributed by atoms with E-state index in [2.05, 4.69) is 10.2 Å². The van der Waals surface area contributed by atoms with Gasteiger partial charge >= 0.3 is 5.63 Å². The van der Waals surface area contributed by atoms with Crippen LogP contribution in [0.25, 0.3) is 11.0 Å². The summed E-state index contributed by atoms with van der Waals surface area (Å²) in [6.07, 6.45) is 0. The van der Waals surface area contributed by atoms with Crippen molar-refractivity contribution in [1.82, 2.24) is 0 Å². The molecule has 0 spiro atoms. The fraction of sp³-hybridized carbons (Fsp3) is 0.0625. The van der Waals surface area contributed by atoms with E-state index in [1.54, 1.807) is 18.2 Å². The Morgan fingerprint density at radius 1 is 1.12 bits per heavy atom. The third kappa shape index (κ3) is 2.84. The van der Waals surface area contributed by atoms with Crippen LogP contribution in [0.3, 0.4) is 0 Å². The summed E-state index contributed by atoms with van der Waals surface area (Å²) in [4.78, 5) is 22.0. The van der Waals surface area contributed by atoms with Crippen molar-refractivity contribution in [3.63, 3.8) is 0 Å². The van der Waals surface area contributed by atoms with Gasteiger partial charge in [0.25, 0.3) is 5.69 Å². The minimum absolute atomic E-state index is 0.0857. The fourth-order valence-corrected chi connectivity index (χ4v) is 2.13. The molecule has 1 N–H and O–H groups in total. The number of fused-ring (bicyclic) bond motifs is 1. The third-order valence-corrected chi connectivity index (χ3v) is 3.34. The largest absolute Gasteiger partial charge is 0.505 e. The summed E-state index contributed by atoms with van der Waals surface area (Å²) in [5, 5.41) is 28.7. The van der Waals surface area contributed by atoms with Crippen LogP contribution in [0.15, 0.2) is 61.9 Å². The summed E-state index contributed by atoms with van der Waals surface area (Å²) in [6.45, 7) is 1.84. The van der Waals surface area contributed by atoms with E-state index in [9.17, 15) is 20.0 Å². The molecule has 0 saturated heterocycles. The second-order valence-corrected chi connectivity index (χ2v) is 5.06. The van der Waals surface area contributed by atoms with Gasteiger partial charge in [0.1, 0.15) is 5.58 Å². The smallest absolute Gasteiger partial charge is 0.368 e. The Hall–Kier alpha value is -3.55. The monoisotopic (exact) mass is 325 g/mol. The normalized spacial score (nSPS) is 11.2. The van der Waals surface area contributed by atoms with Crippen molar-refractivity contribution in [2.75, 3.05) is 0 Å². The maximum atomic E-state index is 11.9. The third-order valence-electron chi connectivity index (χ3n) is 3.34. The van der Waals surface area contributed by atoms with Crippen LogP contribution in [0.2, 0.25) is 0 Å². The minimum atomic E-state index is -0.825. The van der Waals surface area contributed by atoms with Gasteiger partial charge in [0.2, 0.25) is 5.69 Å². The molecular weight excluding hydrogens is 314 g/mol. The number of nitro groups is 1. The number of rotatable bonds is 3. The van der Waals surface area contributed by atoms with E-state index in [0.29, 0.717) is 11.1 Å². The van der Waals surface area contributed by atoms with Crippen molar-refractivity contribution in [2.24, 2.45) is 10.2 Å². The van der Waals surface area contributed by atoms with Crippen molar-refractivity contribution >= 4 is 28.0 Å². The van der Waals surface area contributed by atoms with Gasteiger partial charge < -0.3 is 9.52 Å². The van der Waals surface area contributed by atoms with Crippen LogP contribution in [-0.2, 0) is 0 Å². The molecule has 0 bridgehead atoms. The van der Waals surface area contributed by atoms with E-state index in [1.165, 1.54) is 24.3 Å². The van der Waals surface area contributed by atoms with Crippen LogP contribution < -0.4 is 5.63 Å². The highest BCUT2D eigenvalue weighted by Crippen LogP contribution is 2.33. The van der Waals surface area contributed by atoms with E-state index in [4.69, 9.17) is 4.42 Å². The molecule has 0 aliphatic heterocycles. The van der Waals surface area contributed by atoms with Gasteiger partial charge in [-0.15, -0.1) is 5.11 Å². The first-order valence-corrected chi connectivity index (χ1v) is 6.88. The molecule has 0 unspecified atom stereocenters. The molecular formula is C16H11N3O5. The van der Waals surface area contributed by atoms with Gasteiger partial charge in [-0.05, 0) is 31.2 Å². The predicted molar refractivity (Wildman–Crippen MR) is 86.2 cm³/mol. The Morgan fingerprint density at radius 3 is 2.50 bits per heavy atom. The van der Waals surface area contributed by atoms with E-state index < -0.39 is 10.5 Å². The summed E-state index contributed by atoms with van der Waals surface area (Å²) in [7, 11) is 0. The number of hydrogen-bond acceptors (Lipinski definition) is 7. The van der Waals surface area contributed by atoms with Crippen molar-refractivity contribution in [1.29, 1.82) is 0 Å². The molecule has 0 radical (unpaired) electrons. The van der Waals surface area contributed by atoms with Crippen molar-refractivity contribution in [3.8, 4) is 5.75 Å². The van der Waals surface area contributed by atoms with Crippen LogP contribution in [0.1, 0.15) is 5.56 Å². The van der Waals surface area contributed by atoms with Crippen LogP contribution >= 0.6 is 0 Å². The lowest BCUT2D eigenvalue weighted by Gasteiger charge is -2.03. The molecule has 0 amide bonds. The molecule has 24 heavy (non-hydrogen) atoms. The quantitative estimate of drug-likeness (QED) is 0.336. The molecule has 8 heteroatoms. The van der Waals surface area contributed by atoms with Crippen LogP contribution in [0.5, 0.6) is 5.75 Å². The molecule has 0 fully saturated rings. The molecule has 2 aromatic carbocycles. The van der Waals surface area contributed by atoms with Crippen LogP contribution in [0.4, 0.5) is 17.1 Å². The van der Waals surface area contributed by atoms with Crippen LogP contribution in [0, 0.1) is 17.0 Å². The summed E-state index contributed by atoms with van der Waals surface area (Å²) in [5.41, 5.74) is 0.185. The average Bonchev–Trinajstić information content (AvgIpc) is 2.56. The lowest BCUT2D eigenvalue weighted by atomic mass is 10.1. The topological polar surface area (TPSA) is 118 Å². The van der Waals surface area contributed by atoms with Gasteiger partial charge in [0, 0.05) is 12.1 Å². The summed E-state index contributed by atoms with van der Waals surface area (Å²) in [5.74, 6) is -0.324. The van der Waals surface area contributed by atoms with Gasteiger partial charge in [-0.3, -0.25) is 10.1 Å². The number of nitro benzene ring substituents is 1. The van der Waals surface area contributed by atoms with Crippen molar-refractivity contribution in [3.05, 3.63) is 68.6 Å². The van der Waals surface area contributed by atoms with E-state index >= 15 is 0 Å². The average molecular weight is 325 g/mol. The second-order valence-electron chi connectivity index (χ2n) is 5.06. The van der Waals surface area contributed by atoms with Crippen molar-refractivity contribution < 1.29 is 14.4 Å². The van der Waals surface area contributed by atoms with E-state index in [0.717, 1.165) is 5.56 Å². The van der Waals surface area contributed by atoms with E-state index in [-0.39, 0.29) is 22.7 Å². The Labute approximate surface area is 134 Å². The zero-order valence-corrected chi connectivity index (χ0v) is 12.5. The maximum absolute atomic E-state index is 11.9. The summed E-state index contributed by atoms with van der Waals surface area (Å²) in [6, 6.07) is 10.3. The Morgan fingerprint density at radius 2 is 1.83 bits per heavy atom. The molecule has 1 aromatic heterocycles. The van der Waals surface area contributed by atoms with Crippen molar-refractivity contribution in [2.45, 2.75) is 6.92 Å². The number of aromatic hydroxyl groups is 1. The number of hydrogen-bond donors (Lipinski definition) is 1. The Balaban J connectivity index is 2.03. The SMILES string of the molecule is Cc1ccc2oc(=O)c(N=Nc3ccc([N+](=O)[O-])cc3)c(O)c2c1. The summed E-state index contributed by atoms with van der Waals surface area (Å²) >= 11 is 0. The maximum Gasteiger partial charge on any atom is 0.368 e. The molecule has 0 atom stereocenters. The number of non-ortho nitro benzene ring substituents is 1. The molecule has 0 saturated carbocycles. The van der Waals surface area contributed by atoms with Crippen LogP contribution in [-0.4, -0.2) is 10.0 Å². The lowest BCUT2D eigenvalue weighted by molar-refractivity contribution is -0.384. The number of benzene rings is 2. The lowest BCUT2D eigenvalue weighted by Crippen LogP contribution is -1.98. The number of aryl methyl sites for hydroxylation is 1. The zero-order valence-electron chi connectivity index (χ0n) is 12.5. The molecule has 8 nitrogen and oxygen atoms in total. The molecule has 0 aliphatic rings. The first-order chi connectivity index (χ1) is 11.5. The Kier molecular flexibility index (Phi) is 3.78. The molecule has 3 rings (SSSR count). The molecule has 0 aliphatic carbocycles. The Bertz CT molecular complexity index is 1020. The van der Waals surface area contributed by atoms with E-state index in [1.807, 2.05) is 6.92 Å². The minimum Gasteiger partial charge on any atom is -0.505 e. The highest BCUT2D eigenvalue weighted by atomic mass is 16.6. The number of azo groups is 1. The highest BCUT2D eigenvalue weighted by molar-refractivity contribution is 5.87. The second kappa shape index (κ2) is 5.92. The standard InChI is InChI=1S/C16H11N3O5/c1-9-2-7-13-12(8-9)15(20)14(16(21)24-13)18-17-10-3-5-11(6-4-10)19(22)23/h2-8,20H,1H3. The molecule has 120 valence electrons. The van der Waals surface area contributed by atoms with Gasteiger partial charge in [-0.2, -0.15) is 5.11 Å².